The first kappa shape index (κ1) is 18.9. The molecule has 1 N–H and O–H groups in total. The zero-order valence-electron chi connectivity index (χ0n) is 16.0. The number of carbonyl (C=O) groups is 1. The minimum Gasteiger partial charge on any atom is -0.493 e. The van der Waals surface area contributed by atoms with Crippen molar-refractivity contribution in [2.24, 2.45) is 0 Å². The van der Waals surface area contributed by atoms with Gasteiger partial charge in [0, 0.05) is 17.6 Å². The van der Waals surface area contributed by atoms with Crippen LogP contribution in [0.1, 0.15) is 11.1 Å². The summed E-state index contributed by atoms with van der Waals surface area (Å²) < 4.78 is 26.6. The Morgan fingerprint density at radius 2 is 1.83 bits per heavy atom. The van der Waals surface area contributed by atoms with Crippen molar-refractivity contribution in [2.75, 3.05) is 21.0 Å². The van der Waals surface area contributed by atoms with E-state index in [0.717, 1.165) is 5.56 Å². The molecule has 2 aromatic carbocycles. The number of benzene rings is 2. The topological polar surface area (TPSA) is 83.5 Å². The number of cyclic esters (lactones) is 1. The van der Waals surface area contributed by atoms with Crippen LogP contribution in [-0.4, -0.2) is 32.1 Å². The molecule has 7 nitrogen and oxygen atoms in total. The SMILES string of the molecule is COc1ccc(C2(O)OC(=O)C(C3=COCO3)=C2Cc2ccccc2)cc1OC. The van der Waals surface area contributed by atoms with Gasteiger partial charge in [-0.15, -0.1) is 0 Å². The highest BCUT2D eigenvalue weighted by atomic mass is 16.7. The number of esters is 1. The third kappa shape index (κ3) is 3.30. The molecule has 2 aliphatic rings. The quantitative estimate of drug-likeness (QED) is 0.752. The van der Waals surface area contributed by atoms with Crippen molar-refractivity contribution in [2.45, 2.75) is 12.2 Å². The number of ether oxygens (including phenoxy) is 5. The summed E-state index contributed by atoms with van der Waals surface area (Å²) in [6.07, 6.45) is 1.62. The van der Waals surface area contributed by atoms with Gasteiger partial charge in [0.05, 0.1) is 14.2 Å². The van der Waals surface area contributed by atoms with Gasteiger partial charge >= 0.3 is 5.97 Å². The third-order valence-corrected chi connectivity index (χ3v) is 4.87. The molecule has 2 aliphatic heterocycles. The lowest BCUT2D eigenvalue weighted by atomic mass is 9.89. The van der Waals surface area contributed by atoms with Crippen LogP contribution in [0.4, 0.5) is 0 Å². The average Bonchev–Trinajstić information content (AvgIpc) is 3.35. The molecule has 0 saturated carbocycles. The van der Waals surface area contributed by atoms with Crippen molar-refractivity contribution in [3.8, 4) is 11.5 Å². The molecule has 0 aromatic heterocycles. The molecule has 0 bridgehead atoms. The van der Waals surface area contributed by atoms with Gasteiger partial charge in [0.2, 0.25) is 6.79 Å². The van der Waals surface area contributed by atoms with E-state index in [1.165, 1.54) is 20.5 Å². The van der Waals surface area contributed by atoms with Gasteiger partial charge in [-0.3, -0.25) is 0 Å². The average molecular weight is 396 g/mol. The van der Waals surface area contributed by atoms with Crippen LogP contribution < -0.4 is 9.47 Å². The molecule has 0 fully saturated rings. The standard InChI is InChI=1S/C22H20O7/c1-25-17-9-8-15(11-18(17)26-2)22(24)16(10-14-6-4-3-5-7-14)20(21(23)29-22)19-12-27-13-28-19/h3-9,11-12,24H,10,13H2,1-2H3. The number of hydrogen-bond acceptors (Lipinski definition) is 7. The molecule has 0 spiro atoms. The number of methoxy groups -OCH3 is 2. The van der Waals surface area contributed by atoms with E-state index in [-0.39, 0.29) is 24.5 Å². The Morgan fingerprint density at radius 3 is 2.48 bits per heavy atom. The minimum absolute atomic E-state index is 0.000479. The highest BCUT2D eigenvalue weighted by Gasteiger charge is 2.50. The van der Waals surface area contributed by atoms with E-state index >= 15 is 0 Å². The predicted molar refractivity (Wildman–Crippen MR) is 102 cm³/mol. The molecule has 4 rings (SSSR count). The van der Waals surface area contributed by atoms with Gasteiger partial charge in [0.25, 0.3) is 5.79 Å². The van der Waals surface area contributed by atoms with Crippen LogP contribution >= 0.6 is 0 Å². The van der Waals surface area contributed by atoms with Crippen LogP contribution in [0, 0.1) is 0 Å². The van der Waals surface area contributed by atoms with Crippen LogP contribution in [0.2, 0.25) is 0 Å². The number of aliphatic hydroxyl groups is 1. The molecule has 0 saturated heterocycles. The summed E-state index contributed by atoms with van der Waals surface area (Å²) >= 11 is 0. The van der Waals surface area contributed by atoms with Crippen LogP contribution in [0.25, 0.3) is 0 Å². The first-order valence-electron chi connectivity index (χ1n) is 8.97. The fourth-order valence-corrected chi connectivity index (χ4v) is 3.45. The van der Waals surface area contributed by atoms with E-state index in [1.807, 2.05) is 30.3 Å². The molecule has 150 valence electrons. The zero-order valence-corrected chi connectivity index (χ0v) is 16.0. The normalized spacial score (nSPS) is 20.7. The fourth-order valence-electron chi connectivity index (χ4n) is 3.45. The Balaban J connectivity index is 1.86. The van der Waals surface area contributed by atoms with Crippen molar-refractivity contribution in [3.05, 3.63) is 82.8 Å². The molecule has 1 atom stereocenters. The summed E-state index contributed by atoms with van der Waals surface area (Å²) in [4.78, 5) is 12.8. The Kier molecular flexibility index (Phi) is 4.90. The first-order valence-corrected chi connectivity index (χ1v) is 8.97. The molecule has 1 unspecified atom stereocenters. The van der Waals surface area contributed by atoms with Crippen LogP contribution in [0.15, 0.2) is 71.7 Å². The van der Waals surface area contributed by atoms with E-state index in [1.54, 1.807) is 18.2 Å². The first-order chi connectivity index (χ1) is 14.1. The summed E-state index contributed by atoms with van der Waals surface area (Å²) in [6.45, 7) is -0.000479. The molecule has 0 aliphatic carbocycles. The van der Waals surface area contributed by atoms with E-state index in [4.69, 9.17) is 23.7 Å². The largest absolute Gasteiger partial charge is 0.493 e. The molecule has 2 heterocycles. The van der Waals surface area contributed by atoms with Crippen molar-refractivity contribution < 1.29 is 33.6 Å². The summed E-state index contributed by atoms with van der Waals surface area (Å²) in [5, 5.41) is 11.5. The molecular weight excluding hydrogens is 376 g/mol. The maximum absolute atomic E-state index is 12.8. The molecule has 0 radical (unpaired) electrons. The summed E-state index contributed by atoms with van der Waals surface area (Å²) in [5.74, 6) is -1.55. The summed E-state index contributed by atoms with van der Waals surface area (Å²) in [7, 11) is 3.01. The van der Waals surface area contributed by atoms with Gasteiger partial charge in [-0.05, 0) is 23.8 Å². The van der Waals surface area contributed by atoms with Crippen LogP contribution in [0.5, 0.6) is 11.5 Å². The fraction of sp³-hybridized carbons (Fsp3) is 0.227. The van der Waals surface area contributed by atoms with Gasteiger partial charge in [0.15, 0.2) is 17.3 Å². The minimum atomic E-state index is -1.99. The Morgan fingerprint density at radius 1 is 1.07 bits per heavy atom. The molecule has 2 aromatic rings. The molecular formula is C22H20O7. The van der Waals surface area contributed by atoms with E-state index in [0.29, 0.717) is 22.6 Å². The highest BCUT2D eigenvalue weighted by Crippen LogP contribution is 2.45. The summed E-state index contributed by atoms with van der Waals surface area (Å²) in [6, 6.07) is 14.3. The number of hydrogen-bond donors (Lipinski definition) is 1. The van der Waals surface area contributed by atoms with E-state index in [9.17, 15) is 9.90 Å². The van der Waals surface area contributed by atoms with E-state index < -0.39 is 11.8 Å². The van der Waals surface area contributed by atoms with Gasteiger partial charge in [-0.1, -0.05) is 30.3 Å². The number of carbonyl (C=O) groups excluding carboxylic acids is 1. The third-order valence-electron chi connectivity index (χ3n) is 4.87. The second kappa shape index (κ2) is 7.52. The van der Waals surface area contributed by atoms with Crippen molar-refractivity contribution >= 4 is 5.97 Å². The summed E-state index contributed by atoms with van der Waals surface area (Å²) in [5.41, 5.74) is 1.75. The maximum Gasteiger partial charge on any atom is 0.345 e. The molecule has 7 heteroatoms. The van der Waals surface area contributed by atoms with Gasteiger partial charge < -0.3 is 28.8 Å². The Bertz CT molecular complexity index is 993. The Labute approximate surface area is 167 Å². The van der Waals surface area contributed by atoms with E-state index in [2.05, 4.69) is 0 Å². The van der Waals surface area contributed by atoms with Crippen LogP contribution in [-0.2, 0) is 31.2 Å². The lowest BCUT2D eigenvalue weighted by Gasteiger charge is -2.26. The molecule has 29 heavy (non-hydrogen) atoms. The Hall–Kier alpha value is -3.45. The van der Waals surface area contributed by atoms with Gasteiger partial charge in [-0.2, -0.15) is 0 Å². The second-order valence-corrected chi connectivity index (χ2v) is 6.53. The van der Waals surface area contributed by atoms with Crippen molar-refractivity contribution in [1.29, 1.82) is 0 Å². The predicted octanol–water partition coefficient (Wildman–Crippen LogP) is 2.79. The molecule has 0 amide bonds. The van der Waals surface area contributed by atoms with Crippen LogP contribution in [0.3, 0.4) is 0 Å². The number of rotatable bonds is 6. The van der Waals surface area contributed by atoms with Gasteiger partial charge in [0.1, 0.15) is 11.8 Å². The maximum atomic E-state index is 12.8. The second-order valence-electron chi connectivity index (χ2n) is 6.53. The van der Waals surface area contributed by atoms with Crippen molar-refractivity contribution in [3.63, 3.8) is 0 Å². The van der Waals surface area contributed by atoms with Gasteiger partial charge in [-0.25, -0.2) is 4.79 Å². The smallest absolute Gasteiger partial charge is 0.345 e. The lowest BCUT2D eigenvalue weighted by Crippen LogP contribution is -2.29. The highest BCUT2D eigenvalue weighted by molar-refractivity contribution is 5.97. The van der Waals surface area contributed by atoms with Crippen molar-refractivity contribution in [1.82, 2.24) is 0 Å². The monoisotopic (exact) mass is 396 g/mol. The zero-order chi connectivity index (χ0) is 20.4. The lowest BCUT2D eigenvalue weighted by molar-refractivity contribution is -0.186.